The van der Waals surface area contributed by atoms with Crippen molar-refractivity contribution in [1.82, 2.24) is 19.6 Å². The van der Waals surface area contributed by atoms with Crippen molar-refractivity contribution in [2.24, 2.45) is 0 Å². The molecule has 0 aliphatic carbocycles. The van der Waals surface area contributed by atoms with Crippen LogP contribution in [0.5, 0.6) is 0 Å². The second-order valence-electron chi connectivity index (χ2n) is 8.78. The van der Waals surface area contributed by atoms with Crippen molar-refractivity contribution in [2.75, 3.05) is 58.9 Å². The highest BCUT2D eigenvalue weighted by Crippen LogP contribution is 2.15. The molecule has 0 spiro atoms. The lowest BCUT2D eigenvalue weighted by Crippen LogP contribution is -2.49. The molecule has 0 saturated carbocycles. The zero-order valence-electron chi connectivity index (χ0n) is 18.6. The van der Waals surface area contributed by atoms with E-state index < -0.39 is 0 Å². The van der Waals surface area contributed by atoms with Crippen LogP contribution >= 0.6 is 35.4 Å². The van der Waals surface area contributed by atoms with Crippen LogP contribution in [0.15, 0.2) is 48.5 Å². The Morgan fingerprint density at radius 2 is 1.03 bits per heavy atom. The average Bonchev–Trinajstić information content (AvgIpc) is 2.82. The third kappa shape index (κ3) is 7.14. The van der Waals surface area contributed by atoms with Crippen molar-refractivity contribution < 1.29 is 0 Å². The summed E-state index contributed by atoms with van der Waals surface area (Å²) in [6.07, 6.45) is 0.990. The minimum absolute atomic E-state index is 0.798. The normalized spacial score (nSPS) is 18.8. The van der Waals surface area contributed by atoms with Gasteiger partial charge in [-0.25, -0.2) is 0 Å². The Labute approximate surface area is 207 Å². The van der Waals surface area contributed by atoms with Crippen molar-refractivity contribution >= 4 is 40.4 Å². The molecule has 4 rings (SSSR count). The molecule has 4 nitrogen and oxygen atoms in total. The summed E-state index contributed by atoms with van der Waals surface area (Å²) in [6, 6.07) is 16.4. The van der Waals surface area contributed by atoms with E-state index in [9.17, 15) is 0 Å². The Morgan fingerprint density at radius 1 is 0.625 bits per heavy atom. The first-order valence-corrected chi connectivity index (χ1v) is 12.7. The van der Waals surface area contributed by atoms with Gasteiger partial charge in [0, 0.05) is 88.5 Å². The molecule has 2 fully saturated rings. The van der Waals surface area contributed by atoms with E-state index in [2.05, 4.69) is 43.9 Å². The number of rotatable bonds is 7. The van der Waals surface area contributed by atoms with Crippen LogP contribution in [0.1, 0.15) is 17.5 Å². The van der Waals surface area contributed by atoms with Crippen LogP contribution in [0, 0.1) is 0 Å². The van der Waals surface area contributed by atoms with Gasteiger partial charge in [-0.1, -0.05) is 59.7 Å². The molecular weight excluding hydrogens is 459 g/mol. The second kappa shape index (κ2) is 11.8. The number of piperazine rings is 2. The molecule has 2 heterocycles. The lowest BCUT2D eigenvalue weighted by Gasteiger charge is -2.38. The van der Waals surface area contributed by atoms with Crippen LogP contribution in [0.3, 0.4) is 0 Å². The second-order valence-corrected chi connectivity index (χ2v) is 10.1. The molecule has 7 heteroatoms. The van der Waals surface area contributed by atoms with Gasteiger partial charge in [0.15, 0.2) is 0 Å². The molecule has 2 aromatic rings. The smallest absolute Gasteiger partial charge is 0.0793 e. The van der Waals surface area contributed by atoms with Gasteiger partial charge in [-0.2, -0.15) is 0 Å². The zero-order valence-corrected chi connectivity index (χ0v) is 20.9. The van der Waals surface area contributed by atoms with Gasteiger partial charge >= 0.3 is 0 Å². The summed E-state index contributed by atoms with van der Waals surface area (Å²) in [5.74, 6) is 0. The Balaban J connectivity index is 1.12. The first-order chi connectivity index (χ1) is 15.5. The lowest BCUT2D eigenvalue weighted by molar-refractivity contribution is 0.128. The SMILES string of the molecule is S=C(CCN1CCN(Cc2ccc(Cl)cc2)CC1)N1CCN(Cc2ccc(Cl)cc2)CC1. The fourth-order valence-corrected chi connectivity index (χ4v) is 4.96. The molecule has 0 radical (unpaired) electrons. The third-order valence-corrected chi connectivity index (χ3v) is 7.44. The highest BCUT2D eigenvalue weighted by atomic mass is 35.5. The Hall–Kier alpha value is -1.21. The van der Waals surface area contributed by atoms with Gasteiger partial charge in [0.05, 0.1) is 4.99 Å². The van der Waals surface area contributed by atoms with Crippen LogP contribution in [0.25, 0.3) is 0 Å². The Bertz CT molecular complexity index is 859. The van der Waals surface area contributed by atoms with E-state index >= 15 is 0 Å². The van der Waals surface area contributed by atoms with E-state index in [4.69, 9.17) is 35.4 Å². The summed E-state index contributed by atoms with van der Waals surface area (Å²) in [4.78, 5) is 11.1. The maximum absolute atomic E-state index is 5.99. The number of hydrogen-bond acceptors (Lipinski definition) is 4. The van der Waals surface area contributed by atoms with Gasteiger partial charge in [0.25, 0.3) is 0 Å². The average molecular weight is 492 g/mol. The van der Waals surface area contributed by atoms with Crippen molar-refractivity contribution in [3.63, 3.8) is 0 Å². The van der Waals surface area contributed by atoms with Gasteiger partial charge in [-0.3, -0.25) is 9.80 Å². The summed E-state index contributed by atoms with van der Waals surface area (Å²) >= 11 is 17.8. The van der Waals surface area contributed by atoms with E-state index in [1.807, 2.05) is 24.3 Å². The van der Waals surface area contributed by atoms with Gasteiger partial charge in [0.2, 0.25) is 0 Å². The van der Waals surface area contributed by atoms with Crippen LogP contribution in [0.2, 0.25) is 10.0 Å². The Kier molecular flexibility index (Phi) is 8.81. The molecule has 172 valence electrons. The molecule has 2 aliphatic heterocycles. The summed E-state index contributed by atoms with van der Waals surface area (Å²) in [6.45, 7) is 11.7. The van der Waals surface area contributed by atoms with Gasteiger partial charge in [-0.15, -0.1) is 0 Å². The molecule has 0 bridgehead atoms. The highest BCUT2D eigenvalue weighted by molar-refractivity contribution is 7.80. The lowest BCUT2D eigenvalue weighted by atomic mass is 10.2. The van der Waals surface area contributed by atoms with Crippen molar-refractivity contribution in [3.8, 4) is 0 Å². The van der Waals surface area contributed by atoms with E-state index in [1.165, 1.54) is 11.1 Å². The molecule has 0 unspecified atom stereocenters. The van der Waals surface area contributed by atoms with Crippen molar-refractivity contribution in [2.45, 2.75) is 19.5 Å². The van der Waals surface area contributed by atoms with Crippen molar-refractivity contribution in [1.29, 1.82) is 0 Å². The van der Waals surface area contributed by atoms with Crippen LogP contribution in [-0.4, -0.2) is 83.5 Å². The third-order valence-electron chi connectivity index (χ3n) is 6.47. The van der Waals surface area contributed by atoms with E-state index in [-0.39, 0.29) is 0 Å². The van der Waals surface area contributed by atoms with Crippen LogP contribution in [-0.2, 0) is 13.1 Å². The largest absolute Gasteiger partial charge is 0.364 e. The molecule has 0 aromatic heterocycles. The standard InChI is InChI=1S/C25H32Cl2N4S/c26-23-5-1-21(2-6-23)19-29-13-11-28(12-14-29)10-9-25(32)31-17-15-30(16-18-31)20-22-3-7-24(27)8-4-22/h1-8H,9-20H2. The van der Waals surface area contributed by atoms with Gasteiger partial charge in [0.1, 0.15) is 0 Å². The zero-order chi connectivity index (χ0) is 22.3. The molecule has 2 saturated heterocycles. The minimum atomic E-state index is 0.798. The highest BCUT2D eigenvalue weighted by Gasteiger charge is 2.21. The molecule has 0 N–H and O–H groups in total. The molecule has 0 amide bonds. The molecule has 2 aliphatic rings. The number of halogens is 2. The Morgan fingerprint density at radius 3 is 1.50 bits per heavy atom. The molecule has 2 aromatic carbocycles. The predicted molar refractivity (Wildman–Crippen MR) is 139 cm³/mol. The molecule has 0 atom stereocenters. The molecule has 32 heavy (non-hydrogen) atoms. The quantitative estimate of drug-likeness (QED) is 0.522. The minimum Gasteiger partial charge on any atom is -0.364 e. The maximum Gasteiger partial charge on any atom is 0.0793 e. The van der Waals surface area contributed by atoms with Gasteiger partial charge < -0.3 is 9.80 Å². The summed E-state index contributed by atoms with van der Waals surface area (Å²) < 4.78 is 0. The van der Waals surface area contributed by atoms with E-state index in [1.54, 1.807) is 0 Å². The topological polar surface area (TPSA) is 13.0 Å². The monoisotopic (exact) mass is 490 g/mol. The number of nitrogens with zero attached hydrogens (tertiary/aromatic N) is 4. The summed E-state index contributed by atoms with van der Waals surface area (Å²) in [5, 5.41) is 1.60. The van der Waals surface area contributed by atoms with Crippen LogP contribution < -0.4 is 0 Å². The van der Waals surface area contributed by atoms with Gasteiger partial charge in [-0.05, 0) is 35.4 Å². The number of thiocarbonyl (C=S) groups is 1. The summed E-state index contributed by atoms with van der Waals surface area (Å²) in [5.41, 5.74) is 2.65. The molecular formula is C25H32Cl2N4S. The fourth-order valence-electron chi connectivity index (χ4n) is 4.43. The fraction of sp³-hybridized carbons (Fsp3) is 0.480. The van der Waals surface area contributed by atoms with Crippen LogP contribution in [0.4, 0.5) is 0 Å². The number of benzene rings is 2. The van der Waals surface area contributed by atoms with E-state index in [0.29, 0.717) is 0 Å². The first-order valence-electron chi connectivity index (χ1n) is 11.5. The van der Waals surface area contributed by atoms with Crippen molar-refractivity contribution in [3.05, 3.63) is 69.7 Å². The predicted octanol–water partition coefficient (Wildman–Crippen LogP) is 4.65. The van der Waals surface area contributed by atoms with E-state index in [0.717, 1.165) is 93.4 Å². The number of hydrogen-bond donors (Lipinski definition) is 0. The first kappa shape index (κ1) is 23.9. The maximum atomic E-state index is 5.99. The summed E-state index contributed by atoms with van der Waals surface area (Å²) in [7, 11) is 0.